The number of nitrogens with zero attached hydrogens (tertiary/aromatic N) is 2. The average Bonchev–Trinajstić information content (AvgIpc) is 2.71. The Bertz CT molecular complexity index is 294. The maximum atomic E-state index is 4.53. The van der Waals surface area contributed by atoms with Crippen molar-refractivity contribution in [3.63, 3.8) is 0 Å². The van der Waals surface area contributed by atoms with Gasteiger partial charge in [0, 0.05) is 25.2 Å². The van der Waals surface area contributed by atoms with E-state index in [0.717, 1.165) is 31.1 Å². The number of hydrogen-bond donors (Lipinski definition) is 2. The first-order valence-corrected chi connectivity index (χ1v) is 5.16. The van der Waals surface area contributed by atoms with Crippen LogP contribution < -0.4 is 10.6 Å². The van der Waals surface area contributed by atoms with Gasteiger partial charge in [-0.2, -0.15) is 0 Å². The number of nitrogens with one attached hydrogen (secondary N) is 2. The zero-order valence-corrected chi connectivity index (χ0v) is 8.45. The highest BCUT2D eigenvalue weighted by molar-refractivity contribution is 5.32. The molecule has 1 unspecified atom stereocenters. The minimum atomic E-state index is 0.543. The molecular weight excluding hydrogens is 176 g/mol. The summed E-state index contributed by atoms with van der Waals surface area (Å²) in [5.74, 6) is 1.43. The Labute approximate surface area is 84.2 Å². The molecule has 0 aromatic carbocycles. The molecule has 1 atom stereocenters. The zero-order valence-electron chi connectivity index (χ0n) is 8.45. The van der Waals surface area contributed by atoms with Gasteiger partial charge >= 0.3 is 0 Å². The summed E-state index contributed by atoms with van der Waals surface area (Å²) in [7, 11) is 0. The molecule has 1 saturated heterocycles. The summed E-state index contributed by atoms with van der Waals surface area (Å²) in [6.07, 6.45) is 4.82. The Kier molecular flexibility index (Phi) is 2.93. The van der Waals surface area contributed by atoms with Crippen molar-refractivity contribution in [1.29, 1.82) is 0 Å². The lowest BCUT2D eigenvalue weighted by Gasteiger charge is -2.08. The summed E-state index contributed by atoms with van der Waals surface area (Å²) in [6, 6.07) is 0. The van der Waals surface area contributed by atoms with Crippen molar-refractivity contribution in [2.24, 2.45) is 0 Å². The molecule has 4 nitrogen and oxygen atoms in total. The Balaban J connectivity index is 2.12. The van der Waals surface area contributed by atoms with Crippen LogP contribution in [0.5, 0.6) is 0 Å². The summed E-state index contributed by atoms with van der Waals surface area (Å²) in [5, 5.41) is 6.51. The molecule has 14 heavy (non-hydrogen) atoms. The summed E-state index contributed by atoms with van der Waals surface area (Å²) in [5.41, 5.74) is 1.11. The number of aromatic nitrogens is 2. The van der Waals surface area contributed by atoms with Gasteiger partial charge in [0.05, 0.1) is 11.9 Å². The van der Waals surface area contributed by atoms with Crippen LogP contribution in [0.15, 0.2) is 12.4 Å². The first-order valence-electron chi connectivity index (χ1n) is 5.16. The molecule has 2 heterocycles. The third-order valence-electron chi connectivity index (χ3n) is 2.49. The molecule has 0 saturated carbocycles. The monoisotopic (exact) mass is 192 g/mol. The normalized spacial score (nSPS) is 21.1. The van der Waals surface area contributed by atoms with Crippen molar-refractivity contribution in [2.75, 3.05) is 25.0 Å². The van der Waals surface area contributed by atoms with Crippen molar-refractivity contribution < 1.29 is 0 Å². The second-order valence-corrected chi connectivity index (χ2v) is 3.55. The fourth-order valence-corrected chi connectivity index (χ4v) is 1.75. The van der Waals surface area contributed by atoms with E-state index in [2.05, 4.69) is 27.5 Å². The third-order valence-corrected chi connectivity index (χ3v) is 2.49. The minimum absolute atomic E-state index is 0.543. The van der Waals surface area contributed by atoms with Crippen LogP contribution in [0.1, 0.15) is 25.0 Å². The Morgan fingerprint density at radius 1 is 1.57 bits per heavy atom. The van der Waals surface area contributed by atoms with E-state index in [9.17, 15) is 0 Å². The molecule has 0 radical (unpaired) electrons. The second-order valence-electron chi connectivity index (χ2n) is 3.55. The zero-order chi connectivity index (χ0) is 9.80. The fourth-order valence-electron chi connectivity index (χ4n) is 1.75. The van der Waals surface area contributed by atoms with Gasteiger partial charge in [-0.05, 0) is 19.9 Å². The summed E-state index contributed by atoms with van der Waals surface area (Å²) < 4.78 is 0. The molecule has 1 aromatic rings. The van der Waals surface area contributed by atoms with Crippen molar-refractivity contribution in [2.45, 2.75) is 19.3 Å². The van der Waals surface area contributed by atoms with Crippen molar-refractivity contribution in [3.05, 3.63) is 18.1 Å². The smallest absolute Gasteiger partial charge is 0.144 e. The van der Waals surface area contributed by atoms with Crippen LogP contribution >= 0.6 is 0 Å². The molecule has 1 aliphatic rings. The molecule has 2 N–H and O–H groups in total. The molecule has 0 spiro atoms. The third kappa shape index (κ3) is 2.01. The molecule has 4 heteroatoms. The van der Waals surface area contributed by atoms with E-state index >= 15 is 0 Å². The Hall–Kier alpha value is -1.16. The lowest BCUT2D eigenvalue weighted by molar-refractivity contribution is 0.729. The predicted octanol–water partition coefficient (Wildman–Crippen LogP) is 0.985. The Morgan fingerprint density at radius 3 is 3.21 bits per heavy atom. The first-order chi connectivity index (χ1) is 6.90. The SMILES string of the molecule is CCNc1cncc(C2CCNC2)n1. The maximum Gasteiger partial charge on any atom is 0.144 e. The molecule has 0 bridgehead atoms. The molecule has 0 amide bonds. The van der Waals surface area contributed by atoms with Gasteiger partial charge in [0.2, 0.25) is 0 Å². The maximum absolute atomic E-state index is 4.53. The summed E-state index contributed by atoms with van der Waals surface area (Å²) >= 11 is 0. The van der Waals surface area contributed by atoms with Gasteiger partial charge in [0.15, 0.2) is 0 Å². The van der Waals surface area contributed by atoms with Crippen molar-refractivity contribution in [1.82, 2.24) is 15.3 Å². The number of rotatable bonds is 3. The largest absolute Gasteiger partial charge is 0.369 e. The second kappa shape index (κ2) is 4.37. The molecule has 1 aromatic heterocycles. The van der Waals surface area contributed by atoms with Gasteiger partial charge in [-0.25, -0.2) is 4.98 Å². The van der Waals surface area contributed by atoms with Crippen LogP contribution in [0.4, 0.5) is 5.82 Å². The van der Waals surface area contributed by atoms with E-state index in [1.54, 1.807) is 6.20 Å². The van der Waals surface area contributed by atoms with E-state index < -0.39 is 0 Å². The van der Waals surface area contributed by atoms with Crippen LogP contribution in [0.2, 0.25) is 0 Å². The van der Waals surface area contributed by atoms with Crippen molar-refractivity contribution in [3.8, 4) is 0 Å². The van der Waals surface area contributed by atoms with Gasteiger partial charge in [0.1, 0.15) is 5.82 Å². The molecule has 76 valence electrons. The van der Waals surface area contributed by atoms with Gasteiger partial charge in [-0.3, -0.25) is 4.98 Å². The van der Waals surface area contributed by atoms with Gasteiger partial charge in [-0.15, -0.1) is 0 Å². The lowest BCUT2D eigenvalue weighted by atomic mass is 10.1. The van der Waals surface area contributed by atoms with Crippen LogP contribution in [0.3, 0.4) is 0 Å². The molecule has 1 aliphatic heterocycles. The minimum Gasteiger partial charge on any atom is -0.369 e. The van der Waals surface area contributed by atoms with Crippen LogP contribution in [0, 0.1) is 0 Å². The van der Waals surface area contributed by atoms with E-state index in [0.29, 0.717) is 5.92 Å². The highest BCUT2D eigenvalue weighted by atomic mass is 15.0. The molecule has 1 fully saturated rings. The summed E-state index contributed by atoms with van der Waals surface area (Å²) in [4.78, 5) is 8.73. The molecule has 0 aliphatic carbocycles. The van der Waals surface area contributed by atoms with Gasteiger partial charge in [0.25, 0.3) is 0 Å². The van der Waals surface area contributed by atoms with E-state index in [1.165, 1.54) is 6.42 Å². The highest BCUT2D eigenvalue weighted by Crippen LogP contribution is 2.20. The Morgan fingerprint density at radius 2 is 2.50 bits per heavy atom. The standard InChI is InChI=1S/C10H16N4/c1-2-13-10-7-12-6-9(14-10)8-3-4-11-5-8/h6-8,11H,2-5H2,1H3,(H,13,14). The van der Waals surface area contributed by atoms with Crippen LogP contribution in [-0.4, -0.2) is 29.6 Å². The number of hydrogen-bond acceptors (Lipinski definition) is 4. The predicted molar refractivity (Wildman–Crippen MR) is 56.4 cm³/mol. The first kappa shape index (κ1) is 9.40. The van der Waals surface area contributed by atoms with Gasteiger partial charge in [-0.1, -0.05) is 0 Å². The van der Waals surface area contributed by atoms with Crippen molar-refractivity contribution >= 4 is 5.82 Å². The highest BCUT2D eigenvalue weighted by Gasteiger charge is 2.18. The van der Waals surface area contributed by atoms with E-state index in [-0.39, 0.29) is 0 Å². The quantitative estimate of drug-likeness (QED) is 0.749. The van der Waals surface area contributed by atoms with Crippen LogP contribution in [0.25, 0.3) is 0 Å². The van der Waals surface area contributed by atoms with Crippen LogP contribution in [-0.2, 0) is 0 Å². The lowest BCUT2D eigenvalue weighted by Crippen LogP contribution is -2.10. The number of anilines is 1. The fraction of sp³-hybridized carbons (Fsp3) is 0.600. The summed E-state index contributed by atoms with van der Waals surface area (Å²) in [6.45, 7) is 5.08. The molecular formula is C10H16N4. The van der Waals surface area contributed by atoms with E-state index in [1.807, 2.05) is 6.20 Å². The molecule has 2 rings (SSSR count). The van der Waals surface area contributed by atoms with Gasteiger partial charge < -0.3 is 10.6 Å². The van der Waals surface area contributed by atoms with E-state index in [4.69, 9.17) is 0 Å². The average molecular weight is 192 g/mol. The topological polar surface area (TPSA) is 49.8 Å².